The highest BCUT2D eigenvalue weighted by molar-refractivity contribution is 6.13. The van der Waals surface area contributed by atoms with Gasteiger partial charge in [-0.2, -0.15) is 0 Å². The Morgan fingerprint density at radius 2 is 2.10 bits per heavy atom. The van der Waals surface area contributed by atoms with Crippen molar-refractivity contribution in [2.24, 2.45) is 0 Å². The lowest BCUT2D eigenvalue weighted by atomic mass is 10.0. The summed E-state index contributed by atoms with van der Waals surface area (Å²) in [5, 5.41) is 10.3. The van der Waals surface area contributed by atoms with Gasteiger partial charge in [-0.25, -0.2) is 4.98 Å². The maximum atomic E-state index is 13.1. The van der Waals surface area contributed by atoms with Crippen molar-refractivity contribution in [1.82, 2.24) is 10.1 Å². The van der Waals surface area contributed by atoms with Crippen LogP contribution in [0.15, 0.2) is 51.6 Å². The Bertz CT molecular complexity index is 1260. The number of nitrogens with zero attached hydrogens (tertiary/aromatic N) is 2. The van der Waals surface area contributed by atoms with Crippen molar-refractivity contribution in [2.45, 2.75) is 19.8 Å². The molecule has 0 radical (unpaired) electrons. The van der Waals surface area contributed by atoms with Gasteiger partial charge in [0.2, 0.25) is 5.91 Å². The van der Waals surface area contributed by atoms with Crippen LogP contribution in [0.5, 0.6) is 0 Å². The topological polar surface area (TPSA) is 110 Å². The van der Waals surface area contributed by atoms with Crippen molar-refractivity contribution in [3.8, 4) is 11.5 Å². The number of hydrogen-bond acceptors (Lipinski definition) is 6. The quantitative estimate of drug-likeness (QED) is 0.550. The normalized spacial score (nSPS) is 13.2. The number of rotatable bonds is 3. The Balaban J connectivity index is 1.52. The molecule has 2 amide bonds. The Labute approximate surface area is 164 Å². The maximum Gasteiger partial charge on any atom is 0.259 e. The van der Waals surface area contributed by atoms with E-state index in [1.54, 1.807) is 43.5 Å². The van der Waals surface area contributed by atoms with Crippen LogP contribution in [0.25, 0.3) is 22.6 Å². The van der Waals surface area contributed by atoms with Crippen molar-refractivity contribution < 1.29 is 18.5 Å². The van der Waals surface area contributed by atoms with Gasteiger partial charge >= 0.3 is 0 Å². The fraction of sp³-hybridized carbons (Fsp3) is 0.143. The van der Waals surface area contributed by atoms with E-state index in [2.05, 4.69) is 20.8 Å². The van der Waals surface area contributed by atoms with Gasteiger partial charge in [0.1, 0.15) is 5.69 Å². The molecule has 144 valence electrons. The van der Waals surface area contributed by atoms with Gasteiger partial charge in [0.15, 0.2) is 5.76 Å². The van der Waals surface area contributed by atoms with Gasteiger partial charge < -0.3 is 19.6 Å². The molecule has 0 saturated carbocycles. The number of amides is 2. The third kappa shape index (κ3) is 3.04. The molecular weight excluding hydrogens is 372 g/mol. The summed E-state index contributed by atoms with van der Waals surface area (Å²) in [5.74, 6) is 0.220. The van der Waals surface area contributed by atoms with E-state index in [9.17, 15) is 9.59 Å². The molecule has 0 unspecified atom stereocenters. The van der Waals surface area contributed by atoms with Gasteiger partial charge in [0.05, 0.1) is 22.9 Å². The molecule has 5 rings (SSSR count). The highest BCUT2D eigenvalue weighted by atomic mass is 16.5. The molecule has 0 saturated heterocycles. The predicted molar refractivity (Wildman–Crippen MR) is 106 cm³/mol. The number of benzene rings is 1. The average molecular weight is 388 g/mol. The molecular formula is C21H16N4O4. The first kappa shape index (κ1) is 17.2. The van der Waals surface area contributed by atoms with Crippen molar-refractivity contribution in [3.05, 3.63) is 59.5 Å². The minimum absolute atomic E-state index is 0.00171. The molecule has 0 spiro atoms. The van der Waals surface area contributed by atoms with Gasteiger partial charge in [0.25, 0.3) is 11.6 Å². The van der Waals surface area contributed by atoms with E-state index in [0.29, 0.717) is 46.6 Å². The first-order valence-corrected chi connectivity index (χ1v) is 9.13. The van der Waals surface area contributed by atoms with Crippen LogP contribution in [0, 0.1) is 6.92 Å². The summed E-state index contributed by atoms with van der Waals surface area (Å²) in [5.41, 5.74) is 4.14. The molecule has 0 fully saturated rings. The third-order valence-electron chi connectivity index (χ3n) is 4.89. The largest absolute Gasteiger partial charge is 0.463 e. The van der Waals surface area contributed by atoms with E-state index in [-0.39, 0.29) is 17.5 Å². The fourth-order valence-electron chi connectivity index (χ4n) is 3.48. The van der Waals surface area contributed by atoms with E-state index < -0.39 is 0 Å². The number of hydrogen-bond donors (Lipinski definition) is 2. The summed E-state index contributed by atoms with van der Waals surface area (Å²) in [7, 11) is 0. The van der Waals surface area contributed by atoms with Gasteiger partial charge in [-0.05, 0) is 55.3 Å². The number of pyridine rings is 1. The number of nitrogens with one attached hydrogen (secondary N) is 2. The summed E-state index contributed by atoms with van der Waals surface area (Å²) < 4.78 is 10.7. The van der Waals surface area contributed by atoms with Crippen molar-refractivity contribution in [3.63, 3.8) is 0 Å². The summed E-state index contributed by atoms with van der Waals surface area (Å²) in [6, 6.07) is 10.6. The summed E-state index contributed by atoms with van der Waals surface area (Å²) in [4.78, 5) is 29.0. The zero-order valence-corrected chi connectivity index (χ0v) is 15.5. The number of aryl methyl sites for hydroxylation is 2. The molecule has 29 heavy (non-hydrogen) atoms. The summed E-state index contributed by atoms with van der Waals surface area (Å²) in [6.07, 6.45) is 2.61. The highest BCUT2D eigenvalue weighted by Crippen LogP contribution is 2.29. The number of carbonyl (C=O) groups is 2. The molecule has 0 bridgehead atoms. The van der Waals surface area contributed by atoms with Gasteiger partial charge in [0, 0.05) is 17.8 Å². The number of fused-ring (bicyclic) bond motifs is 2. The number of anilines is 2. The minimum atomic E-state index is -0.309. The van der Waals surface area contributed by atoms with Gasteiger partial charge in [-0.1, -0.05) is 5.16 Å². The second-order valence-electron chi connectivity index (χ2n) is 6.85. The van der Waals surface area contributed by atoms with E-state index in [1.807, 2.05) is 6.07 Å². The minimum Gasteiger partial charge on any atom is -0.463 e. The molecule has 8 nitrogen and oxygen atoms in total. The lowest BCUT2D eigenvalue weighted by Gasteiger charge is -2.17. The lowest BCUT2D eigenvalue weighted by molar-refractivity contribution is -0.116. The summed E-state index contributed by atoms with van der Waals surface area (Å²) in [6.45, 7) is 1.76. The Morgan fingerprint density at radius 3 is 2.93 bits per heavy atom. The molecule has 2 N–H and O–H groups in total. The molecule has 1 aliphatic rings. The number of furan rings is 1. The van der Waals surface area contributed by atoms with Crippen LogP contribution in [0.1, 0.15) is 28.0 Å². The van der Waals surface area contributed by atoms with Crippen LogP contribution in [0.2, 0.25) is 0 Å². The van der Waals surface area contributed by atoms with Crippen LogP contribution >= 0.6 is 0 Å². The number of aromatic nitrogens is 2. The monoisotopic (exact) mass is 388 g/mol. The Kier molecular flexibility index (Phi) is 3.90. The van der Waals surface area contributed by atoms with Gasteiger partial charge in [-0.15, -0.1) is 0 Å². The molecule has 4 aromatic rings. The molecule has 1 aliphatic heterocycles. The molecule has 0 aliphatic carbocycles. The second-order valence-corrected chi connectivity index (χ2v) is 6.85. The SMILES string of the molecule is Cc1noc2nc(-c3ccco3)cc(C(=O)Nc3ccc4c(c3)CCC(=O)N4)c12. The van der Waals surface area contributed by atoms with Crippen LogP contribution in [-0.4, -0.2) is 22.0 Å². The van der Waals surface area contributed by atoms with E-state index in [0.717, 1.165) is 11.3 Å². The highest BCUT2D eigenvalue weighted by Gasteiger charge is 2.21. The molecule has 3 aromatic heterocycles. The first-order chi connectivity index (χ1) is 14.1. The van der Waals surface area contributed by atoms with Crippen LogP contribution < -0.4 is 10.6 Å². The van der Waals surface area contributed by atoms with Crippen molar-refractivity contribution in [1.29, 1.82) is 0 Å². The molecule has 1 aromatic carbocycles. The first-order valence-electron chi connectivity index (χ1n) is 9.13. The van der Waals surface area contributed by atoms with Gasteiger partial charge in [-0.3, -0.25) is 9.59 Å². The van der Waals surface area contributed by atoms with Crippen molar-refractivity contribution >= 4 is 34.3 Å². The van der Waals surface area contributed by atoms with Crippen LogP contribution in [0.4, 0.5) is 11.4 Å². The second kappa shape index (κ2) is 6.59. The Morgan fingerprint density at radius 1 is 1.21 bits per heavy atom. The lowest BCUT2D eigenvalue weighted by Crippen LogP contribution is -2.19. The predicted octanol–water partition coefficient (Wildman–Crippen LogP) is 3.93. The maximum absolute atomic E-state index is 13.1. The fourth-order valence-corrected chi connectivity index (χ4v) is 3.48. The van der Waals surface area contributed by atoms with E-state index in [1.165, 1.54) is 0 Å². The molecule has 4 heterocycles. The van der Waals surface area contributed by atoms with Crippen LogP contribution in [-0.2, 0) is 11.2 Å². The van der Waals surface area contributed by atoms with Crippen LogP contribution in [0.3, 0.4) is 0 Å². The van der Waals surface area contributed by atoms with Crippen molar-refractivity contribution in [2.75, 3.05) is 10.6 Å². The molecule has 8 heteroatoms. The Hall–Kier alpha value is -3.94. The third-order valence-corrected chi connectivity index (χ3v) is 4.89. The summed E-state index contributed by atoms with van der Waals surface area (Å²) >= 11 is 0. The van der Waals surface area contributed by atoms with E-state index in [4.69, 9.17) is 8.94 Å². The van der Waals surface area contributed by atoms with E-state index >= 15 is 0 Å². The zero-order chi connectivity index (χ0) is 20.0. The number of carbonyl (C=O) groups excluding carboxylic acids is 2. The molecule has 0 atom stereocenters. The average Bonchev–Trinajstić information content (AvgIpc) is 3.38. The standard InChI is InChI=1S/C21H16N4O4/c1-11-19-14(10-16(17-3-2-8-28-17)24-21(19)29-25-11)20(27)22-13-5-6-15-12(9-13)4-7-18(26)23-15/h2-3,5-6,8-10H,4,7H2,1H3,(H,22,27)(H,23,26). The zero-order valence-electron chi connectivity index (χ0n) is 15.5. The smallest absolute Gasteiger partial charge is 0.259 e.